The molecular formula is C14H20ClFN2O2S. The monoisotopic (exact) mass is 334 g/mol. The molecule has 0 radical (unpaired) electrons. The Balaban J connectivity index is 2.28. The van der Waals surface area contributed by atoms with Gasteiger partial charge in [0.2, 0.25) is 10.0 Å². The van der Waals surface area contributed by atoms with Crippen LogP contribution in [0.2, 0.25) is 5.02 Å². The molecule has 1 aliphatic carbocycles. The summed E-state index contributed by atoms with van der Waals surface area (Å²) in [6, 6.07) is 2.29. The van der Waals surface area contributed by atoms with Crippen LogP contribution in [0.5, 0.6) is 0 Å². The van der Waals surface area contributed by atoms with Gasteiger partial charge >= 0.3 is 0 Å². The highest BCUT2D eigenvalue weighted by molar-refractivity contribution is 7.89. The molecular weight excluding hydrogens is 315 g/mol. The highest BCUT2D eigenvalue weighted by Gasteiger charge is 2.47. The number of nitrogens with one attached hydrogen (secondary N) is 2. The van der Waals surface area contributed by atoms with Crippen molar-refractivity contribution in [3.8, 4) is 0 Å². The second-order valence-corrected chi connectivity index (χ2v) is 8.12. The van der Waals surface area contributed by atoms with Gasteiger partial charge in [0.1, 0.15) is 5.82 Å². The summed E-state index contributed by atoms with van der Waals surface area (Å²) in [7, 11) is -3.73. The molecule has 0 aliphatic heterocycles. The van der Waals surface area contributed by atoms with Gasteiger partial charge in [0.25, 0.3) is 0 Å². The minimum absolute atomic E-state index is 0.0371. The van der Waals surface area contributed by atoms with Crippen molar-refractivity contribution in [1.29, 1.82) is 0 Å². The summed E-state index contributed by atoms with van der Waals surface area (Å²) >= 11 is 5.88. The summed E-state index contributed by atoms with van der Waals surface area (Å²) in [5, 5.41) is 2.97. The normalized spacial score (nSPS) is 20.5. The Morgan fingerprint density at radius 3 is 2.57 bits per heavy atom. The Labute approximate surface area is 130 Å². The van der Waals surface area contributed by atoms with Crippen molar-refractivity contribution < 1.29 is 12.8 Å². The third kappa shape index (κ3) is 3.74. The van der Waals surface area contributed by atoms with Gasteiger partial charge in [-0.1, -0.05) is 32.4 Å². The fourth-order valence-electron chi connectivity index (χ4n) is 2.09. The number of rotatable bonds is 6. The van der Waals surface area contributed by atoms with Crippen LogP contribution in [-0.4, -0.2) is 21.0 Å². The third-order valence-electron chi connectivity index (χ3n) is 3.76. The van der Waals surface area contributed by atoms with Gasteiger partial charge in [0, 0.05) is 12.6 Å². The minimum Gasteiger partial charge on any atom is -0.313 e. The zero-order valence-corrected chi connectivity index (χ0v) is 13.9. The molecule has 0 saturated heterocycles. The van der Waals surface area contributed by atoms with E-state index in [9.17, 15) is 12.8 Å². The molecule has 21 heavy (non-hydrogen) atoms. The number of sulfonamides is 1. The lowest BCUT2D eigenvalue weighted by Gasteiger charge is -2.12. The predicted molar refractivity (Wildman–Crippen MR) is 81.3 cm³/mol. The molecule has 1 aromatic rings. The highest BCUT2D eigenvalue weighted by atomic mass is 35.5. The van der Waals surface area contributed by atoms with Gasteiger partial charge in [-0.15, -0.1) is 0 Å². The molecule has 118 valence electrons. The summed E-state index contributed by atoms with van der Waals surface area (Å²) < 4.78 is 41.1. The predicted octanol–water partition coefficient (Wildman–Crippen LogP) is 2.67. The van der Waals surface area contributed by atoms with Crippen LogP contribution in [0.25, 0.3) is 0 Å². The molecule has 0 bridgehead atoms. The van der Waals surface area contributed by atoms with Crippen LogP contribution >= 0.6 is 11.6 Å². The average Bonchev–Trinajstić information content (AvgIpc) is 2.96. The van der Waals surface area contributed by atoms with Crippen molar-refractivity contribution in [2.24, 2.45) is 5.41 Å². The van der Waals surface area contributed by atoms with Crippen LogP contribution in [0, 0.1) is 11.2 Å². The molecule has 1 aromatic carbocycles. The zero-order chi connectivity index (χ0) is 15.8. The highest BCUT2D eigenvalue weighted by Crippen LogP contribution is 2.45. The number of halogens is 2. The van der Waals surface area contributed by atoms with Crippen LogP contribution < -0.4 is 10.0 Å². The first-order valence-corrected chi connectivity index (χ1v) is 8.74. The van der Waals surface area contributed by atoms with E-state index in [0.29, 0.717) is 18.7 Å². The second kappa shape index (κ2) is 5.83. The number of hydrogen-bond donors (Lipinski definition) is 2. The van der Waals surface area contributed by atoms with Crippen molar-refractivity contribution in [3.05, 3.63) is 28.5 Å². The molecule has 4 nitrogen and oxygen atoms in total. The zero-order valence-electron chi connectivity index (χ0n) is 12.3. The summed E-state index contributed by atoms with van der Waals surface area (Å²) in [5.74, 6) is -0.720. The smallest absolute Gasteiger partial charge is 0.240 e. The Hall–Kier alpha value is -0.690. The molecule has 2 rings (SSSR count). The first kappa shape index (κ1) is 16.7. The van der Waals surface area contributed by atoms with Crippen LogP contribution in [-0.2, 0) is 16.6 Å². The molecule has 1 fully saturated rings. The minimum atomic E-state index is -3.73. The fraction of sp³-hybridized carbons (Fsp3) is 0.571. The van der Waals surface area contributed by atoms with E-state index in [1.165, 1.54) is 6.07 Å². The van der Waals surface area contributed by atoms with Crippen molar-refractivity contribution in [2.75, 3.05) is 6.54 Å². The topological polar surface area (TPSA) is 58.2 Å². The fourth-order valence-corrected chi connectivity index (χ4v) is 3.73. The lowest BCUT2D eigenvalue weighted by molar-refractivity contribution is 0.552. The van der Waals surface area contributed by atoms with Gasteiger partial charge in [-0.3, -0.25) is 0 Å². The Kier molecular flexibility index (Phi) is 4.63. The lowest BCUT2D eigenvalue weighted by Crippen LogP contribution is -2.29. The van der Waals surface area contributed by atoms with Gasteiger partial charge in [0.05, 0.1) is 9.92 Å². The molecule has 0 amide bonds. The summed E-state index contributed by atoms with van der Waals surface area (Å²) in [5.41, 5.74) is 0.402. The van der Waals surface area contributed by atoms with Crippen LogP contribution in [0.1, 0.15) is 32.8 Å². The summed E-state index contributed by atoms with van der Waals surface area (Å²) in [6.45, 7) is 6.88. The number of hydrogen-bond acceptors (Lipinski definition) is 3. The Morgan fingerprint density at radius 1 is 1.43 bits per heavy atom. The maximum Gasteiger partial charge on any atom is 0.240 e. The molecule has 1 aliphatic rings. The SMILES string of the molecule is CCNCc1cc(S(=O)(=O)NC2CC2(C)C)cc(F)c1Cl. The molecule has 1 saturated carbocycles. The average molecular weight is 335 g/mol. The van der Waals surface area contributed by atoms with E-state index >= 15 is 0 Å². The molecule has 1 unspecified atom stereocenters. The Bertz CT molecular complexity index is 647. The molecule has 0 heterocycles. The molecule has 7 heteroatoms. The first-order valence-electron chi connectivity index (χ1n) is 6.88. The van der Waals surface area contributed by atoms with Crippen molar-refractivity contribution in [2.45, 2.75) is 44.7 Å². The van der Waals surface area contributed by atoms with Crippen molar-refractivity contribution >= 4 is 21.6 Å². The second-order valence-electron chi connectivity index (χ2n) is 6.03. The standard InChI is InChI=1S/C14H20ClFN2O2S/c1-4-17-8-9-5-10(6-11(16)13(9)15)21(19,20)18-12-7-14(12,2)3/h5-6,12,17-18H,4,7-8H2,1-3H3. The lowest BCUT2D eigenvalue weighted by atomic mass is 10.2. The van der Waals surface area contributed by atoms with E-state index in [0.717, 1.165) is 12.5 Å². The number of benzene rings is 1. The third-order valence-corrected chi connectivity index (χ3v) is 5.64. The van der Waals surface area contributed by atoms with Gasteiger partial charge in [0.15, 0.2) is 0 Å². The van der Waals surface area contributed by atoms with E-state index in [4.69, 9.17) is 11.6 Å². The van der Waals surface area contributed by atoms with Crippen LogP contribution in [0.3, 0.4) is 0 Å². The van der Waals surface area contributed by atoms with Gasteiger partial charge in [-0.05, 0) is 36.1 Å². The van der Waals surface area contributed by atoms with Crippen molar-refractivity contribution in [3.63, 3.8) is 0 Å². The quantitative estimate of drug-likeness (QED) is 0.841. The van der Waals surface area contributed by atoms with Crippen molar-refractivity contribution in [1.82, 2.24) is 10.0 Å². The summed E-state index contributed by atoms with van der Waals surface area (Å²) in [6.07, 6.45) is 0.784. The largest absolute Gasteiger partial charge is 0.313 e. The Morgan fingerprint density at radius 2 is 2.05 bits per heavy atom. The van der Waals surface area contributed by atoms with E-state index in [1.54, 1.807) is 0 Å². The first-order chi connectivity index (χ1) is 9.67. The van der Waals surface area contributed by atoms with E-state index in [-0.39, 0.29) is 21.4 Å². The molecule has 2 N–H and O–H groups in total. The van der Waals surface area contributed by atoms with E-state index in [1.807, 2.05) is 20.8 Å². The van der Waals surface area contributed by atoms with E-state index < -0.39 is 15.8 Å². The van der Waals surface area contributed by atoms with E-state index in [2.05, 4.69) is 10.0 Å². The van der Waals surface area contributed by atoms with Gasteiger partial charge in [-0.25, -0.2) is 17.5 Å². The molecule has 0 spiro atoms. The van der Waals surface area contributed by atoms with Gasteiger partial charge < -0.3 is 5.32 Å². The molecule has 0 aromatic heterocycles. The van der Waals surface area contributed by atoms with Gasteiger partial charge in [-0.2, -0.15) is 0 Å². The molecule has 1 atom stereocenters. The maximum absolute atomic E-state index is 13.9. The van der Waals surface area contributed by atoms with Crippen LogP contribution in [0.4, 0.5) is 4.39 Å². The van der Waals surface area contributed by atoms with Crippen LogP contribution in [0.15, 0.2) is 17.0 Å². The maximum atomic E-state index is 13.9. The summed E-state index contributed by atoms with van der Waals surface area (Å²) in [4.78, 5) is -0.0833.